The van der Waals surface area contributed by atoms with Gasteiger partial charge in [-0.1, -0.05) is 0 Å². The quantitative estimate of drug-likeness (QED) is 0.534. The van der Waals surface area contributed by atoms with Crippen LogP contribution in [-0.2, 0) is 0 Å². The molecular weight excluding hydrogens is 427 g/mol. The molecule has 31 heavy (non-hydrogen) atoms. The largest absolute Gasteiger partial charge is 0.477 e. The summed E-state index contributed by atoms with van der Waals surface area (Å²) in [4.78, 5) is 30.2. The second-order valence-corrected chi connectivity index (χ2v) is 8.44. The molecule has 10 nitrogen and oxygen atoms in total. The van der Waals surface area contributed by atoms with E-state index in [9.17, 15) is 14.7 Å². The van der Waals surface area contributed by atoms with Crippen molar-refractivity contribution in [2.75, 3.05) is 42.1 Å². The Kier molecular flexibility index (Phi) is 4.48. The van der Waals surface area contributed by atoms with Gasteiger partial charge in [-0.25, -0.2) is 14.2 Å². The summed E-state index contributed by atoms with van der Waals surface area (Å²) in [6.07, 6.45) is 2.93. The Bertz CT molecular complexity index is 1250. The maximum Gasteiger partial charge on any atom is 0.341 e. The number of aromatic carboxylic acids is 1. The van der Waals surface area contributed by atoms with E-state index < -0.39 is 22.8 Å². The first kappa shape index (κ1) is 19.6. The van der Waals surface area contributed by atoms with Crippen molar-refractivity contribution in [1.29, 1.82) is 0 Å². The van der Waals surface area contributed by atoms with Crippen LogP contribution < -0.4 is 31.1 Å². The first-order chi connectivity index (χ1) is 14.8. The maximum atomic E-state index is 15.3. The monoisotopic (exact) mass is 446 g/mol. The molecule has 1 saturated heterocycles. The zero-order chi connectivity index (χ0) is 21.9. The molecular formula is C19H19FN6O4S. The van der Waals surface area contributed by atoms with Crippen LogP contribution in [0.4, 0.5) is 15.2 Å². The molecule has 0 saturated carbocycles. The van der Waals surface area contributed by atoms with Crippen LogP contribution in [0, 0.1) is 5.82 Å². The number of carboxylic acid groups (broad SMARTS) is 1. The molecule has 1 fully saturated rings. The summed E-state index contributed by atoms with van der Waals surface area (Å²) in [5.41, 5.74) is 5.64. The van der Waals surface area contributed by atoms with E-state index in [4.69, 9.17) is 10.5 Å². The molecule has 2 aromatic heterocycles. The van der Waals surface area contributed by atoms with Crippen molar-refractivity contribution in [1.82, 2.24) is 9.66 Å². The van der Waals surface area contributed by atoms with E-state index in [0.717, 1.165) is 11.2 Å². The predicted molar refractivity (Wildman–Crippen MR) is 114 cm³/mol. The third-order valence-electron chi connectivity index (χ3n) is 5.57. The summed E-state index contributed by atoms with van der Waals surface area (Å²) in [7, 11) is 1.68. The second-order valence-electron chi connectivity index (χ2n) is 7.54. The first-order valence-corrected chi connectivity index (χ1v) is 10.4. The van der Waals surface area contributed by atoms with Gasteiger partial charge in [0.05, 0.1) is 11.4 Å². The van der Waals surface area contributed by atoms with Crippen molar-refractivity contribution in [2.24, 2.45) is 5.73 Å². The average molecular weight is 446 g/mol. The summed E-state index contributed by atoms with van der Waals surface area (Å²) in [5, 5.41) is 16.8. The molecule has 2 aliphatic rings. The summed E-state index contributed by atoms with van der Waals surface area (Å²) in [5.74, 6) is -1.84. The number of hydrogen-bond acceptors (Lipinski definition) is 9. The average Bonchev–Trinajstić information content (AvgIpc) is 3.36. The Hall–Kier alpha value is -3.38. The standard InChI is InChI=1S/C19H19FN6O4S/c1-24-8-30-17-14-9(16(27)10(18(28)29)5-26(14)24)4-11(20)15(17)25-6-12(21)13(7-25)23-19-22-2-3-31-19/h2-5,12-13H,6-8,21H2,1H3,(H,22,23)(H,28,29). The third kappa shape index (κ3) is 3.06. The highest BCUT2D eigenvalue weighted by atomic mass is 32.1. The number of thiazole rings is 1. The SMILES string of the molecule is CN1COc2c(N3CC(N)C(Nc4nccs4)C3)c(F)cc3c(=O)c(C(=O)O)cn1c23. The number of hydrogen-bond donors (Lipinski definition) is 3. The Morgan fingerprint density at radius 2 is 2.26 bits per heavy atom. The zero-order valence-corrected chi connectivity index (χ0v) is 17.2. The van der Waals surface area contributed by atoms with Crippen LogP contribution in [0.25, 0.3) is 10.9 Å². The minimum absolute atomic E-state index is 0.0522. The minimum atomic E-state index is -1.37. The molecule has 3 aromatic rings. The van der Waals surface area contributed by atoms with Crippen molar-refractivity contribution in [3.63, 3.8) is 0 Å². The number of carbonyl (C=O) groups is 1. The fraction of sp³-hybridized carbons (Fsp3) is 0.316. The lowest BCUT2D eigenvalue weighted by molar-refractivity contribution is 0.0694. The Balaban J connectivity index is 1.63. The topological polar surface area (TPSA) is 126 Å². The van der Waals surface area contributed by atoms with E-state index in [1.807, 2.05) is 5.38 Å². The number of nitrogens with one attached hydrogen (secondary N) is 1. The molecule has 4 N–H and O–H groups in total. The van der Waals surface area contributed by atoms with Gasteiger partial charge in [-0.15, -0.1) is 11.3 Å². The molecule has 12 heteroatoms. The summed E-state index contributed by atoms with van der Waals surface area (Å²) < 4.78 is 22.7. The molecule has 2 atom stereocenters. The number of ether oxygens (including phenoxy) is 1. The minimum Gasteiger partial charge on any atom is -0.477 e. The molecule has 0 aliphatic carbocycles. The first-order valence-electron chi connectivity index (χ1n) is 9.51. The van der Waals surface area contributed by atoms with Crippen molar-refractivity contribution in [2.45, 2.75) is 12.1 Å². The molecule has 2 unspecified atom stereocenters. The second kappa shape index (κ2) is 7.10. The van der Waals surface area contributed by atoms with E-state index in [1.165, 1.54) is 22.2 Å². The highest BCUT2D eigenvalue weighted by molar-refractivity contribution is 7.13. The van der Waals surface area contributed by atoms with Gasteiger partial charge in [-0.3, -0.25) is 14.5 Å². The summed E-state index contributed by atoms with van der Waals surface area (Å²) in [6, 6.07) is 0.639. The van der Waals surface area contributed by atoms with E-state index in [2.05, 4.69) is 10.3 Å². The third-order valence-corrected chi connectivity index (χ3v) is 6.27. The number of nitrogens with two attached hydrogens (primary N) is 1. The number of anilines is 2. The lowest BCUT2D eigenvalue weighted by Gasteiger charge is -2.33. The van der Waals surface area contributed by atoms with Crippen LogP contribution in [0.2, 0.25) is 0 Å². The van der Waals surface area contributed by atoms with Gasteiger partial charge < -0.3 is 25.8 Å². The van der Waals surface area contributed by atoms with Gasteiger partial charge in [-0.05, 0) is 6.07 Å². The van der Waals surface area contributed by atoms with Crippen LogP contribution in [0.1, 0.15) is 10.4 Å². The number of pyridine rings is 1. The van der Waals surface area contributed by atoms with Crippen molar-refractivity contribution < 1.29 is 19.0 Å². The molecule has 1 aromatic carbocycles. The number of rotatable bonds is 4. The summed E-state index contributed by atoms with van der Waals surface area (Å²) in [6.45, 7) is 0.836. The molecule has 0 bridgehead atoms. The van der Waals surface area contributed by atoms with E-state index >= 15 is 4.39 Å². The molecule has 5 rings (SSSR count). The van der Waals surface area contributed by atoms with Crippen LogP contribution in [0.15, 0.2) is 28.6 Å². The molecule has 0 radical (unpaired) electrons. The summed E-state index contributed by atoms with van der Waals surface area (Å²) >= 11 is 1.45. The van der Waals surface area contributed by atoms with E-state index in [0.29, 0.717) is 18.6 Å². The number of halogens is 1. The van der Waals surface area contributed by atoms with Gasteiger partial charge in [0.1, 0.15) is 16.8 Å². The van der Waals surface area contributed by atoms with Gasteiger partial charge in [0, 0.05) is 44.0 Å². The lowest BCUT2D eigenvalue weighted by Crippen LogP contribution is -2.40. The fourth-order valence-corrected chi connectivity index (χ4v) is 4.68. The maximum absolute atomic E-state index is 15.3. The van der Waals surface area contributed by atoms with Crippen LogP contribution >= 0.6 is 11.3 Å². The molecule has 2 aliphatic heterocycles. The van der Waals surface area contributed by atoms with Gasteiger partial charge in [0.2, 0.25) is 5.43 Å². The molecule has 0 spiro atoms. The number of carboxylic acids is 1. The van der Waals surface area contributed by atoms with Crippen LogP contribution in [-0.4, -0.2) is 59.7 Å². The molecule has 162 valence electrons. The van der Waals surface area contributed by atoms with Crippen LogP contribution in [0.3, 0.4) is 0 Å². The Morgan fingerprint density at radius 3 is 2.97 bits per heavy atom. The van der Waals surface area contributed by atoms with E-state index in [-0.39, 0.29) is 35.6 Å². The van der Waals surface area contributed by atoms with Crippen molar-refractivity contribution in [3.05, 3.63) is 45.4 Å². The predicted octanol–water partition coefficient (Wildman–Crippen LogP) is 0.841. The normalized spacial score (nSPS) is 20.2. The van der Waals surface area contributed by atoms with E-state index in [1.54, 1.807) is 23.2 Å². The van der Waals surface area contributed by atoms with Gasteiger partial charge >= 0.3 is 5.97 Å². The fourth-order valence-electron chi connectivity index (χ4n) is 4.09. The molecule has 0 amide bonds. The van der Waals surface area contributed by atoms with Gasteiger partial charge in [0.25, 0.3) is 0 Å². The Morgan fingerprint density at radius 1 is 1.45 bits per heavy atom. The van der Waals surface area contributed by atoms with Gasteiger partial charge in [0.15, 0.2) is 23.4 Å². The Labute approximate surface area is 179 Å². The number of nitrogens with zero attached hydrogens (tertiary/aromatic N) is 4. The lowest BCUT2D eigenvalue weighted by atomic mass is 10.1. The smallest absolute Gasteiger partial charge is 0.341 e. The van der Waals surface area contributed by atoms with Crippen molar-refractivity contribution >= 4 is 39.0 Å². The van der Waals surface area contributed by atoms with Gasteiger partial charge in [-0.2, -0.15) is 0 Å². The highest BCUT2D eigenvalue weighted by Crippen LogP contribution is 2.41. The highest BCUT2D eigenvalue weighted by Gasteiger charge is 2.36. The van der Waals surface area contributed by atoms with Crippen LogP contribution in [0.5, 0.6) is 5.75 Å². The number of benzene rings is 1. The molecule has 4 heterocycles. The van der Waals surface area contributed by atoms with Crippen molar-refractivity contribution in [3.8, 4) is 5.75 Å². The number of aromatic nitrogens is 2. The zero-order valence-electron chi connectivity index (χ0n) is 16.4.